The van der Waals surface area contributed by atoms with Crippen molar-refractivity contribution < 1.29 is 9.98 Å². The van der Waals surface area contributed by atoms with Crippen LogP contribution >= 0.6 is 23.5 Å². The molecule has 0 aliphatic rings. The molecule has 0 aromatic heterocycles. The van der Waals surface area contributed by atoms with Crippen molar-refractivity contribution in [2.45, 2.75) is 24.6 Å². The Morgan fingerprint density at radius 2 is 1.14 bits per heavy atom. The summed E-state index contributed by atoms with van der Waals surface area (Å²) in [5, 5.41) is 11.9. The zero-order valence-corrected chi connectivity index (χ0v) is 22.5. The lowest BCUT2D eigenvalue weighted by Gasteiger charge is -2.10. The summed E-state index contributed by atoms with van der Waals surface area (Å²) in [6.45, 7) is 1.53. The Kier molecular flexibility index (Phi) is 9.88. The van der Waals surface area contributed by atoms with Gasteiger partial charge in [-0.05, 0) is 63.1 Å². The summed E-state index contributed by atoms with van der Waals surface area (Å²) in [5.74, 6) is 1.86. The minimum absolute atomic E-state index is 0.762. The summed E-state index contributed by atoms with van der Waals surface area (Å²) in [4.78, 5) is 6.63. The molecule has 0 bridgehead atoms. The zero-order chi connectivity index (χ0) is 25.0. The maximum absolute atomic E-state index is 3.62. The maximum atomic E-state index is 3.62. The summed E-state index contributed by atoms with van der Waals surface area (Å²) >= 11 is 3.58. The van der Waals surface area contributed by atoms with Crippen molar-refractivity contribution in [2.75, 3.05) is 14.1 Å². The molecule has 0 heterocycles. The summed E-state index contributed by atoms with van der Waals surface area (Å²) in [6, 6.07) is 34.4. The van der Waals surface area contributed by atoms with Gasteiger partial charge in [0, 0.05) is 17.1 Å². The highest BCUT2D eigenvalue weighted by molar-refractivity contribution is 8.13. The topological polar surface area (TPSA) is 52.0 Å². The van der Waals surface area contributed by atoms with Crippen LogP contribution in [0, 0.1) is 0 Å². The Labute approximate surface area is 222 Å². The van der Waals surface area contributed by atoms with Crippen molar-refractivity contribution in [2.24, 2.45) is 0 Å². The number of benzene rings is 4. The second-order valence-corrected chi connectivity index (χ2v) is 10.4. The Hall–Kier alpha value is -3.22. The van der Waals surface area contributed by atoms with E-state index in [1.165, 1.54) is 33.0 Å². The molecule has 0 radical (unpaired) electrons. The third kappa shape index (κ3) is 7.64. The standard InChI is InChI=1S/C30H32N4S2/c1-31-29(35-21-23-11-5-3-6-12-23)33-19-25-17-26-15-9-10-16-28(26)27(18-25)20-34-30(32-2)36-22-24-13-7-4-8-14-24/h3-18H,19-22H2,1-2H3,(H,31,33)(H,32,34)/p+2. The maximum Gasteiger partial charge on any atom is 0.304 e. The monoisotopic (exact) mass is 514 g/mol. The first-order valence-electron chi connectivity index (χ1n) is 12.2. The van der Waals surface area contributed by atoms with Gasteiger partial charge in [0.15, 0.2) is 0 Å². The smallest absolute Gasteiger partial charge is 0.272 e. The van der Waals surface area contributed by atoms with Gasteiger partial charge in [0.05, 0.1) is 14.1 Å². The van der Waals surface area contributed by atoms with Gasteiger partial charge in [-0.2, -0.15) is 0 Å². The van der Waals surface area contributed by atoms with E-state index in [2.05, 4.69) is 118 Å². The SMILES string of the molecule is C[NH+]=C(NCc1cc(CNC(=[NH+]C)SCc2ccccc2)c2ccccc2c1)SCc1ccccc1. The molecule has 0 spiro atoms. The highest BCUT2D eigenvalue weighted by Crippen LogP contribution is 2.22. The van der Waals surface area contributed by atoms with E-state index in [-0.39, 0.29) is 0 Å². The second kappa shape index (κ2) is 13.8. The molecule has 0 unspecified atom stereocenters. The average molecular weight is 515 g/mol. The normalized spacial score (nSPS) is 12.1. The highest BCUT2D eigenvalue weighted by Gasteiger charge is 2.13. The molecule has 0 amide bonds. The van der Waals surface area contributed by atoms with Crippen LogP contribution in [0.4, 0.5) is 0 Å². The Bertz CT molecular complexity index is 1300. The van der Waals surface area contributed by atoms with Gasteiger partial charge in [0.2, 0.25) is 0 Å². The van der Waals surface area contributed by atoms with E-state index in [4.69, 9.17) is 0 Å². The van der Waals surface area contributed by atoms with Crippen molar-refractivity contribution in [3.8, 4) is 0 Å². The molecule has 6 heteroatoms. The number of fused-ring (bicyclic) bond motifs is 1. The fourth-order valence-electron chi connectivity index (χ4n) is 3.95. The molecule has 36 heavy (non-hydrogen) atoms. The zero-order valence-electron chi connectivity index (χ0n) is 20.9. The number of nitrogens with one attached hydrogen (secondary N) is 4. The van der Waals surface area contributed by atoms with E-state index < -0.39 is 0 Å². The molecule has 4 rings (SSSR count). The summed E-state index contributed by atoms with van der Waals surface area (Å²) in [6.07, 6.45) is 0. The summed E-state index contributed by atoms with van der Waals surface area (Å²) in [7, 11) is 3.94. The molecule has 4 aromatic carbocycles. The fraction of sp³-hybridized carbons (Fsp3) is 0.200. The summed E-state index contributed by atoms with van der Waals surface area (Å²) in [5.41, 5.74) is 5.19. The lowest BCUT2D eigenvalue weighted by atomic mass is 10.0. The molecule has 4 nitrogen and oxygen atoms in total. The van der Waals surface area contributed by atoms with Crippen LogP contribution in [-0.4, -0.2) is 24.4 Å². The molecule has 0 atom stereocenters. The lowest BCUT2D eigenvalue weighted by molar-refractivity contribution is -0.419. The van der Waals surface area contributed by atoms with Crippen molar-refractivity contribution in [3.05, 3.63) is 119 Å². The van der Waals surface area contributed by atoms with Gasteiger partial charge in [0.25, 0.3) is 0 Å². The number of amidine groups is 2. The Morgan fingerprint density at radius 1 is 0.611 bits per heavy atom. The highest BCUT2D eigenvalue weighted by atomic mass is 32.2. The molecule has 0 fully saturated rings. The van der Waals surface area contributed by atoms with E-state index in [0.29, 0.717) is 0 Å². The Morgan fingerprint density at radius 3 is 1.72 bits per heavy atom. The second-order valence-electron chi connectivity index (χ2n) is 8.39. The van der Waals surface area contributed by atoms with Crippen LogP contribution in [0.1, 0.15) is 22.3 Å². The van der Waals surface area contributed by atoms with Crippen molar-refractivity contribution in [1.82, 2.24) is 10.6 Å². The van der Waals surface area contributed by atoms with Crippen LogP contribution < -0.4 is 20.6 Å². The largest absolute Gasteiger partial charge is 0.304 e. The van der Waals surface area contributed by atoms with E-state index in [1.54, 1.807) is 23.5 Å². The predicted molar refractivity (Wildman–Crippen MR) is 157 cm³/mol. The van der Waals surface area contributed by atoms with Gasteiger partial charge >= 0.3 is 10.3 Å². The fourth-order valence-corrected chi connectivity index (χ4v) is 5.59. The van der Waals surface area contributed by atoms with E-state index >= 15 is 0 Å². The number of thioether (sulfide) groups is 2. The molecule has 0 saturated heterocycles. The predicted octanol–water partition coefficient (Wildman–Crippen LogP) is 3.02. The molecule has 0 aliphatic heterocycles. The number of rotatable bonds is 8. The first-order valence-corrected chi connectivity index (χ1v) is 14.1. The number of hydrogen-bond donors (Lipinski definition) is 4. The molecule has 0 saturated carbocycles. The van der Waals surface area contributed by atoms with E-state index in [1.807, 2.05) is 14.1 Å². The molecule has 4 aromatic rings. The van der Waals surface area contributed by atoms with E-state index in [0.717, 1.165) is 34.9 Å². The molecule has 0 aliphatic carbocycles. The third-order valence-electron chi connectivity index (χ3n) is 5.81. The molecule has 4 N–H and O–H groups in total. The van der Waals surface area contributed by atoms with Crippen LogP contribution in [0.3, 0.4) is 0 Å². The first kappa shape index (κ1) is 25.9. The molecular weight excluding hydrogens is 480 g/mol. The van der Waals surface area contributed by atoms with Crippen LogP contribution in [0.15, 0.2) is 97.1 Å². The minimum Gasteiger partial charge on any atom is -0.272 e. The van der Waals surface area contributed by atoms with Gasteiger partial charge in [-0.25, -0.2) is 0 Å². The van der Waals surface area contributed by atoms with Crippen molar-refractivity contribution in [3.63, 3.8) is 0 Å². The van der Waals surface area contributed by atoms with Crippen LogP contribution in [0.2, 0.25) is 0 Å². The summed E-state index contributed by atoms with van der Waals surface area (Å²) < 4.78 is 0. The number of hydrogen-bond acceptors (Lipinski definition) is 2. The van der Waals surface area contributed by atoms with Crippen LogP contribution in [0.5, 0.6) is 0 Å². The van der Waals surface area contributed by atoms with Crippen molar-refractivity contribution >= 4 is 44.6 Å². The van der Waals surface area contributed by atoms with Gasteiger partial charge in [-0.1, -0.05) is 84.9 Å². The van der Waals surface area contributed by atoms with E-state index in [9.17, 15) is 0 Å². The van der Waals surface area contributed by atoms with Gasteiger partial charge in [-0.3, -0.25) is 20.6 Å². The van der Waals surface area contributed by atoms with Gasteiger partial charge in [0.1, 0.15) is 13.1 Å². The minimum atomic E-state index is 0.762. The lowest BCUT2D eigenvalue weighted by Crippen LogP contribution is -2.70. The molecule has 184 valence electrons. The average Bonchev–Trinajstić information content (AvgIpc) is 2.94. The van der Waals surface area contributed by atoms with Gasteiger partial charge in [-0.15, -0.1) is 0 Å². The quantitative estimate of drug-likeness (QED) is 0.216. The first-order chi connectivity index (χ1) is 17.7. The van der Waals surface area contributed by atoms with Gasteiger partial charge < -0.3 is 0 Å². The third-order valence-corrected chi connectivity index (χ3v) is 8.04. The van der Waals surface area contributed by atoms with Crippen LogP contribution in [0.25, 0.3) is 10.8 Å². The molecular formula is C30H34N4S2+2. The van der Waals surface area contributed by atoms with Crippen molar-refractivity contribution in [1.29, 1.82) is 0 Å². The Balaban J connectivity index is 1.40. The van der Waals surface area contributed by atoms with Crippen LogP contribution in [-0.2, 0) is 24.6 Å².